The van der Waals surface area contributed by atoms with Gasteiger partial charge in [-0.25, -0.2) is 4.79 Å². The van der Waals surface area contributed by atoms with Crippen molar-refractivity contribution in [1.29, 1.82) is 0 Å². The molecule has 0 heterocycles. The molecule has 6 heteroatoms. The molecule has 0 saturated carbocycles. The standard InChI is InChI=1S/C7H12O5S/c1-5(2)7(8)12-4-6(3)13(9,10)11/h6H,1,4H2,2-3H3,(H,9,10,11). The molecule has 5 nitrogen and oxygen atoms in total. The minimum absolute atomic E-state index is 0.183. The van der Waals surface area contributed by atoms with E-state index < -0.39 is 21.3 Å². The maximum absolute atomic E-state index is 10.8. The first-order valence-corrected chi connectivity index (χ1v) is 5.04. The molecule has 0 spiro atoms. The van der Waals surface area contributed by atoms with E-state index in [0.29, 0.717) is 0 Å². The molecular formula is C7H12O5S. The Kier molecular flexibility index (Phi) is 4.09. The van der Waals surface area contributed by atoms with Crippen LogP contribution in [0.1, 0.15) is 13.8 Å². The minimum Gasteiger partial charge on any atom is -0.461 e. The molecule has 0 bridgehead atoms. The third-order valence-electron chi connectivity index (χ3n) is 1.31. The number of hydrogen-bond acceptors (Lipinski definition) is 4. The summed E-state index contributed by atoms with van der Waals surface area (Å²) in [7, 11) is -4.13. The molecule has 13 heavy (non-hydrogen) atoms. The van der Waals surface area contributed by atoms with Gasteiger partial charge >= 0.3 is 5.97 Å². The van der Waals surface area contributed by atoms with Crippen molar-refractivity contribution in [3.63, 3.8) is 0 Å². The number of carbonyl (C=O) groups excluding carboxylic acids is 1. The van der Waals surface area contributed by atoms with E-state index in [0.717, 1.165) is 0 Å². The van der Waals surface area contributed by atoms with Gasteiger partial charge in [-0.2, -0.15) is 8.42 Å². The molecule has 0 fully saturated rings. The normalized spacial score (nSPS) is 13.5. The molecule has 0 aromatic rings. The summed E-state index contributed by atoms with van der Waals surface area (Å²) in [6, 6.07) is 0. The Bertz CT molecular complexity index is 303. The lowest BCUT2D eigenvalue weighted by Gasteiger charge is -2.08. The second kappa shape index (κ2) is 4.38. The molecule has 0 aliphatic heterocycles. The SMILES string of the molecule is C=C(C)C(=O)OCC(C)S(=O)(=O)O. The third kappa shape index (κ3) is 4.64. The molecule has 1 unspecified atom stereocenters. The van der Waals surface area contributed by atoms with Crippen molar-refractivity contribution in [2.75, 3.05) is 6.61 Å². The smallest absolute Gasteiger partial charge is 0.333 e. The van der Waals surface area contributed by atoms with Gasteiger partial charge in [-0.1, -0.05) is 6.58 Å². The maximum Gasteiger partial charge on any atom is 0.333 e. The molecule has 1 atom stereocenters. The van der Waals surface area contributed by atoms with E-state index in [4.69, 9.17) is 4.55 Å². The first-order valence-electron chi connectivity index (χ1n) is 3.54. The zero-order valence-electron chi connectivity index (χ0n) is 7.48. The summed E-state index contributed by atoms with van der Waals surface area (Å²) in [6.45, 7) is 5.62. The predicted molar refractivity (Wildman–Crippen MR) is 46.8 cm³/mol. The van der Waals surface area contributed by atoms with Gasteiger partial charge in [-0.05, 0) is 13.8 Å². The molecule has 1 N–H and O–H groups in total. The van der Waals surface area contributed by atoms with Crippen molar-refractivity contribution < 1.29 is 22.5 Å². The Morgan fingerprint density at radius 1 is 1.62 bits per heavy atom. The van der Waals surface area contributed by atoms with Crippen LogP contribution >= 0.6 is 0 Å². The number of carbonyl (C=O) groups is 1. The highest BCUT2D eigenvalue weighted by atomic mass is 32.2. The van der Waals surface area contributed by atoms with E-state index in [1.807, 2.05) is 0 Å². The molecule has 76 valence electrons. The molecule has 0 aliphatic rings. The zero-order chi connectivity index (χ0) is 10.6. The van der Waals surface area contributed by atoms with Crippen molar-refractivity contribution in [3.8, 4) is 0 Å². The van der Waals surface area contributed by atoms with Gasteiger partial charge in [0.05, 0.1) is 0 Å². The van der Waals surface area contributed by atoms with Crippen molar-refractivity contribution in [2.24, 2.45) is 0 Å². The molecule has 0 amide bonds. The van der Waals surface area contributed by atoms with Gasteiger partial charge in [0, 0.05) is 5.57 Å². The molecule has 0 aliphatic carbocycles. The van der Waals surface area contributed by atoms with E-state index in [9.17, 15) is 13.2 Å². The highest BCUT2D eigenvalue weighted by molar-refractivity contribution is 7.86. The molecule has 0 aromatic heterocycles. The summed E-state index contributed by atoms with van der Waals surface area (Å²) < 4.78 is 33.9. The summed E-state index contributed by atoms with van der Waals surface area (Å²) >= 11 is 0. The fourth-order valence-corrected chi connectivity index (χ4v) is 0.642. The Morgan fingerprint density at radius 2 is 2.08 bits per heavy atom. The topological polar surface area (TPSA) is 80.7 Å². The van der Waals surface area contributed by atoms with E-state index in [1.165, 1.54) is 13.8 Å². The number of hydrogen-bond donors (Lipinski definition) is 1. The Hall–Kier alpha value is -0.880. The van der Waals surface area contributed by atoms with Gasteiger partial charge in [0.2, 0.25) is 0 Å². The van der Waals surface area contributed by atoms with E-state index >= 15 is 0 Å². The lowest BCUT2D eigenvalue weighted by molar-refractivity contribution is -0.138. The first-order chi connectivity index (χ1) is 5.75. The lowest BCUT2D eigenvalue weighted by atomic mass is 10.4. The summed E-state index contributed by atoms with van der Waals surface area (Å²) in [5.74, 6) is -0.671. The summed E-state index contributed by atoms with van der Waals surface area (Å²) in [5.41, 5.74) is 0.183. The maximum atomic E-state index is 10.8. The van der Waals surface area contributed by atoms with E-state index in [1.54, 1.807) is 0 Å². The highest BCUT2D eigenvalue weighted by Gasteiger charge is 2.19. The first kappa shape index (κ1) is 12.1. The van der Waals surface area contributed by atoms with Crippen LogP contribution in [-0.4, -0.2) is 30.8 Å². The molecule has 0 saturated heterocycles. The summed E-state index contributed by atoms with van der Waals surface area (Å²) in [6.07, 6.45) is 0. The number of esters is 1. The van der Waals surface area contributed by atoms with Crippen molar-refractivity contribution in [3.05, 3.63) is 12.2 Å². The van der Waals surface area contributed by atoms with Crippen LogP contribution < -0.4 is 0 Å². The second-order valence-corrected chi connectivity index (χ2v) is 4.54. The average molecular weight is 208 g/mol. The molecule has 0 rings (SSSR count). The number of ether oxygens (including phenoxy) is 1. The van der Waals surface area contributed by atoms with Crippen LogP contribution in [0, 0.1) is 0 Å². The average Bonchev–Trinajstić information content (AvgIpc) is 1.97. The summed E-state index contributed by atoms with van der Waals surface area (Å²) in [4.78, 5) is 10.8. The van der Waals surface area contributed by atoms with Gasteiger partial charge in [0.1, 0.15) is 11.9 Å². The highest BCUT2D eigenvalue weighted by Crippen LogP contribution is 2.00. The lowest BCUT2D eigenvalue weighted by Crippen LogP contribution is -2.24. The van der Waals surface area contributed by atoms with Crippen LogP contribution in [0.15, 0.2) is 12.2 Å². The van der Waals surface area contributed by atoms with Crippen LogP contribution in [0.3, 0.4) is 0 Å². The monoisotopic (exact) mass is 208 g/mol. The van der Waals surface area contributed by atoms with Crippen LogP contribution in [-0.2, 0) is 19.6 Å². The van der Waals surface area contributed by atoms with Crippen LogP contribution in [0.25, 0.3) is 0 Å². The van der Waals surface area contributed by atoms with Crippen molar-refractivity contribution in [2.45, 2.75) is 19.1 Å². The molecular weight excluding hydrogens is 196 g/mol. The third-order valence-corrected chi connectivity index (χ3v) is 2.46. The predicted octanol–water partition coefficient (Wildman–Crippen LogP) is 0.382. The van der Waals surface area contributed by atoms with Gasteiger partial charge < -0.3 is 4.74 Å². The molecule has 0 aromatic carbocycles. The van der Waals surface area contributed by atoms with Gasteiger partial charge in [-0.15, -0.1) is 0 Å². The zero-order valence-corrected chi connectivity index (χ0v) is 8.30. The van der Waals surface area contributed by atoms with E-state index in [2.05, 4.69) is 11.3 Å². The van der Waals surface area contributed by atoms with Crippen LogP contribution in [0.2, 0.25) is 0 Å². The Labute approximate surface area is 77.1 Å². The minimum atomic E-state index is -4.13. The van der Waals surface area contributed by atoms with Gasteiger partial charge in [0.15, 0.2) is 0 Å². The Morgan fingerprint density at radius 3 is 2.38 bits per heavy atom. The second-order valence-electron chi connectivity index (χ2n) is 2.70. The fourth-order valence-electron chi connectivity index (χ4n) is 0.402. The molecule has 0 radical (unpaired) electrons. The Balaban J connectivity index is 4.06. The van der Waals surface area contributed by atoms with E-state index in [-0.39, 0.29) is 12.2 Å². The van der Waals surface area contributed by atoms with Crippen molar-refractivity contribution in [1.82, 2.24) is 0 Å². The summed E-state index contributed by atoms with van der Waals surface area (Å²) in [5, 5.41) is -1.12. The van der Waals surface area contributed by atoms with Crippen LogP contribution in [0.5, 0.6) is 0 Å². The fraction of sp³-hybridized carbons (Fsp3) is 0.571. The number of rotatable bonds is 4. The van der Waals surface area contributed by atoms with Gasteiger partial charge in [-0.3, -0.25) is 4.55 Å². The van der Waals surface area contributed by atoms with Gasteiger partial charge in [0.25, 0.3) is 10.1 Å². The van der Waals surface area contributed by atoms with Crippen molar-refractivity contribution >= 4 is 16.1 Å². The van der Waals surface area contributed by atoms with Crippen LogP contribution in [0.4, 0.5) is 0 Å². The largest absolute Gasteiger partial charge is 0.461 e. The quantitative estimate of drug-likeness (QED) is 0.410.